The Morgan fingerprint density at radius 3 is 2.94 bits per heavy atom. The normalized spacial score (nSPS) is 25.5. The lowest BCUT2D eigenvalue weighted by Crippen LogP contribution is -2.19. The van der Waals surface area contributed by atoms with Crippen LogP contribution in [0.5, 0.6) is 0 Å². The van der Waals surface area contributed by atoms with E-state index in [1.807, 2.05) is 6.20 Å². The number of hydrogen-bond acceptors (Lipinski definition) is 2. The Balaban J connectivity index is 2.20. The smallest absolute Gasteiger partial charge is 0.177 e. The molecule has 1 saturated heterocycles. The van der Waals surface area contributed by atoms with E-state index in [-0.39, 0.29) is 0 Å². The lowest BCUT2D eigenvalue weighted by atomic mass is 10.0. The molecule has 1 aromatic rings. The summed E-state index contributed by atoms with van der Waals surface area (Å²) in [6.45, 7) is 8.42. The van der Waals surface area contributed by atoms with Crippen LogP contribution in [0.3, 0.4) is 0 Å². The van der Waals surface area contributed by atoms with Crippen molar-refractivity contribution in [1.29, 1.82) is 0 Å². The van der Waals surface area contributed by atoms with Crippen molar-refractivity contribution in [3.63, 3.8) is 0 Å². The first kappa shape index (κ1) is 11.9. The third-order valence-corrected chi connectivity index (χ3v) is 3.78. The van der Waals surface area contributed by atoms with Crippen molar-refractivity contribution in [2.75, 3.05) is 6.61 Å². The molecular formula is C12H20N2OS. The quantitative estimate of drug-likeness (QED) is 0.823. The van der Waals surface area contributed by atoms with Crippen molar-refractivity contribution in [2.45, 2.75) is 45.8 Å². The maximum atomic E-state index is 5.60. The second kappa shape index (κ2) is 4.72. The van der Waals surface area contributed by atoms with Gasteiger partial charge < -0.3 is 14.3 Å². The zero-order valence-electron chi connectivity index (χ0n) is 10.2. The van der Waals surface area contributed by atoms with Crippen LogP contribution in [0.4, 0.5) is 0 Å². The fourth-order valence-electron chi connectivity index (χ4n) is 2.33. The van der Waals surface area contributed by atoms with Gasteiger partial charge in [0.25, 0.3) is 0 Å². The SMILES string of the molecule is CC(C)c1c[nH]c(=S)n1CC1CCOC1C. The second-order valence-electron chi connectivity index (χ2n) is 4.91. The van der Waals surface area contributed by atoms with Crippen molar-refractivity contribution < 1.29 is 4.74 Å². The number of aromatic nitrogens is 2. The predicted octanol–water partition coefficient (Wildman–Crippen LogP) is 3.09. The molecule has 2 rings (SSSR count). The topological polar surface area (TPSA) is 29.9 Å². The highest BCUT2D eigenvalue weighted by molar-refractivity contribution is 7.71. The Labute approximate surface area is 102 Å². The molecule has 0 aliphatic carbocycles. The van der Waals surface area contributed by atoms with E-state index in [0.717, 1.165) is 24.3 Å². The van der Waals surface area contributed by atoms with Crippen LogP contribution in [0.2, 0.25) is 0 Å². The number of imidazole rings is 1. The first-order chi connectivity index (χ1) is 7.59. The molecule has 0 amide bonds. The largest absolute Gasteiger partial charge is 0.378 e. The van der Waals surface area contributed by atoms with E-state index in [9.17, 15) is 0 Å². The van der Waals surface area contributed by atoms with E-state index in [0.29, 0.717) is 17.9 Å². The molecule has 0 spiro atoms. The molecule has 0 aromatic carbocycles. The second-order valence-corrected chi connectivity index (χ2v) is 5.30. The lowest BCUT2D eigenvalue weighted by molar-refractivity contribution is 0.101. The van der Waals surface area contributed by atoms with Gasteiger partial charge in [0.1, 0.15) is 0 Å². The number of aromatic amines is 1. The zero-order chi connectivity index (χ0) is 11.7. The summed E-state index contributed by atoms with van der Waals surface area (Å²) < 4.78 is 8.66. The van der Waals surface area contributed by atoms with Gasteiger partial charge in [0.2, 0.25) is 0 Å². The molecule has 0 saturated carbocycles. The molecule has 1 aliphatic rings. The number of nitrogens with one attached hydrogen (secondary N) is 1. The van der Waals surface area contributed by atoms with E-state index in [1.54, 1.807) is 0 Å². The Bertz CT molecular complexity index is 407. The van der Waals surface area contributed by atoms with Gasteiger partial charge in [-0.3, -0.25) is 0 Å². The monoisotopic (exact) mass is 240 g/mol. The molecule has 1 N–H and O–H groups in total. The van der Waals surface area contributed by atoms with Gasteiger partial charge in [0.15, 0.2) is 4.77 Å². The first-order valence-corrected chi connectivity index (χ1v) is 6.40. The molecule has 2 heterocycles. The van der Waals surface area contributed by atoms with E-state index >= 15 is 0 Å². The molecule has 16 heavy (non-hydrogen) atoms. The van der Waals surface area contributed by atoms with Crippen LogP contribution >= 0.6 is 12.2 Å². The molecule has 2 atom stereocenters. The van der Waals surface area contributed by atoms with E-state index in [4.69, 9.17) is 17.0 Å². The standard InChI is InChI=1S/C12H20N2OS/c1-8(2)11-6-13-12(16)14(11)7-10-4-5-15-9(10)3/h6,8-10H,4-5,7H2,1-3H3,(H,13,16). The fraction of sp³-hybridized carbons (Fsp3) is 0.750. The van der Waals surface area contributed by atoms with Gasteiger partial charge in [0.05, 0.1) is 6.10 Å². The Morgan fingerprint density at radius 2 is 2.38 bits per heavy atom. The predicted molar refractivity (Wildman–Crippen MR) is 67.2 cm³/mol. The summed E-state index contributed by atoms with van der Waals surface area (Å²) in [4.78, 5) is 3.14. The van der Waals surface area contributed by atoms with Gasteiger partial charge in [-0.15, -0.1) is 0 Å². The van der Waals surface area contributed by atoms with Gasteiger partial charge in [-0.2, -0.15) is 0 Å². The highest BCUT2D eigenvalue weighted by Crippen LogP contribution is 2.24. The molecular weight excluding hydrogens is 220 g/mol. The van der Waals surface area contributed by atoms with Crippen LogP contribution in [0.15, 0.2) is 6.20 Å². The highest BCUT2D eigenvalue weighted by Gasteiger charge is 2.25. The first-order valence-electron chi connectivity index (χ1n) is 5.99. The minimum atomic E-state index is 0.358. The van der Waals surface area contributed by atoms with Crippen LogP contribution in [0.1, 0.15) is 38.8 Å². The van der Waals surface area contributed by atoms with Crippen LogP contribution in [-0.2, 0) is 11.3 Å². The van der Waals surface area contributed by atoms with Gasteiger partial charge in [-0.05, 0) is 31.5 Å². The van der Waals surface area contributed by atoms with E-state index in [2.05, 4.69) is 30.3 Å². The average molecular weight is 240 g/mol. The van der Waals surface area contributed by atoms with Gasteiger partial charge in [-0.1, -0.05) is 13.8 Å². The van der Waals surface area contributed by atoms with Crippen molar-refractivity contribution in [3.05, 3.63) is 16.7 Å². The van der Waals surface area contributed by atoms with Crippen LogP contribution in [0.25, 0.3) is 0 Å². The van der Waals surface area contributed by atoms with Crippen molar-refractivity contribution in [1.82, 2.24) is 9.55 Å². The summed E-state index contributed by atoms with van der Waals surface area (Å²) in [5.41, 5.74) is 1.30. The number of rotatable bonds is 3. The molecule has 1 aliphatic heterocycles. The summed E-state index contributed by atoms with van der Waals surface area (Å²) >= 11 is 5.33. The van der Waals surface area contributed by atoms with Gasteiger partial charge >= 0.3 is 0 Å². The molecule has 3 nitrogen and oxygen atoms in total. The third-order valence-electron chi connectivity index (χ3n) is 3.44. The lowest BCUT2D eigenvalue weighted by Gasteiger charge is -2.17. The summed E-state index contributed by atoms with van der Waals surface area (Å²) in [7, 11) is 0. The Hall–Kier alpha value is -0.610. The van der Waals surface area contributed by atoms with Gasteiger partial charge in [-0.25, -0.2) is 0 Å². The number of nitrogens with zero attached hydrogens (tertiary/aromatic N) is 1. The van der Waals surface area contributed by atoms with Gasteiger partial charge in [0, 0.05) is 31.0 Å². The zero-order valence-corrected chi connectivity index (χ0v) is 11.0. The van der Waals surface area contributed by atoms with Crippen molar-refractivity contribution >= 4 is 12.2 Å². The third kappa shape index (κ3) is 2.23. The van der Waals surface area contributed by atoms with Crippen LogP contribution in [-0.4, -0.2) is 22.3 Å². The number of H-pyrrole nitrogens is 1. The fourth-order valence-corrected chi connectivity index (χ4v) is 2.56. The van der Waals surface area contributed by atoms with E-state index < -0.39 is 0 Å². The highest BCUT2D eigenvalue weighted by atomic mass is 32.1. The van der Waals surface area contributed by atoms with Crippen molar-refractivity contribution in [2.24, 2.45) is 5.92 Å². The van der Waals surface area contributed by atoms with Crippen LogP contribution < -0.4 is 0 Å². The summed E-state index contributed by atoms with van der Waals surface area (Å²) in [6.07, 6.45) is 3.54. The average Bonchev–Trinajstić information content (AvgIpc) is 2.76. The van der Waals surface area contributed by atoms with Crippen LogP contribution in [0, 0.1) is 10.7 Å². The molecule has 2 unspecified atom stereocenters. The maximum absolute atomic E-state index is 5.60. The summed E-state index contributed by atoms with van der Waals surface area (Å²) in [5, 5.41) is 0. The van der Waals surface area contributed by atoms with Crippen molar-refractivity contribution in [3.8, 4) is 0 Å². The minimum absolute atomic E-state index is 0.358. The Kier molecular flexibility index (Phi) is 3.50. The van der Waals surface area contributed by atoms with E-state index in [1.165, 1.54) is 5.69 Å². The Morgan fingerprint density at radius 1 is 1.62 bits per heavy atom. The molecule has 90 valence electrons. The molecule has 1 aromatic heterocycles. The summed E-state index contributed by atoms with van der Waals surface area (Å²) in [5.74, 6) is 1.10. The number of ether oxygens (including phenoxy) is 1. The summed E-state index contributed by atoms with van der Waals surface area (Å²) in [6, 6.07) is 0. The molecule has 1 fully saturated rings. The molecule has 0 radical (unpaired) electrons. The molecule has 0 bridgehead atoms. The minimum Gasteiger partial charge on any atom is -0.378 e. The number of hydrogen-bond donors (Lipinski definition) is 1. The maximum Gasteiger partial charge on any atom is 0.177 e. The molecule has 4 heteroatoms.